The van der Waals surface area contributed by atoms with Crippen molar-refractivity contribution in [3.8, 4) is 5.75 Å². The van der Waals surface area contributed by atoms with Gasteiger partial charge < -0.3 is 9.64 Å². The summed E-state index contributed by atoms with van der Waals surface area (Å²) >= 11 is 0. The van der Waals surface area contributed by atoms with Crippen LogP contribution in [0.3, 0.4) is 0 Å². The van der Waals surface area contributed by atoms with Crippen LogP contribution in [0.5, 0.6) is 5.75 Å². The van der Waals surface area contributed by atoms with Gasteiger partial charge in [-0.05, 0) is 37.1 Å². The lowest BCUT2D eigenvalue weighted by Gasteiger charge is -2.32. The summed E-state index contributed by atoms with van der Waals surface area (Å²) in [5.41, 5.74) is 4.50. The first-order valence-electron chi connectivity index (χ1n) is 10.2. The summed E-state index contributed by atoms with van der Waals surface area (Å²) in [6.45, 7) is 0.242. The summed E-state index contributed by atoms with van der Waals surface area (Å²) in [5.74, 6) is -3.12. The Kier molecular flexibility index (Phi) is 6.47. The number of amides is 2. The van der Waals surface area contributed by atoms with E-state index in [1.54, 1.807) is 17.0 Å². The smallest absolute Gasteiger partial charge is 0.453 e. The third kappa shape index (κ3) is 5.15. The number of para-hydroxylation sites is 1. The van der Waals surface area contributed by atoms with Crippen molar-refractivity contribution in [3.63, 3.8) is 0 Å². The molecule has 3 aromatic rings. The molecule has 1 saturated heterocycles. The molecule has 3 heterocycles. The number of rotatable bonds is 5. The fourth-order valence-electron chi connectivity index (χ4n) is 3.47. The number of alkyl halides is 3. The van der Waals surface area contributed by atoms with Gasteiger partial charge in [0.2, 0.25) is 5.91 Å². The van der Waals surface area contributed by atoms with E-state index in [9.17, 15) is 27.2 Å². The molecule has 0 atom stereocenters. The minimum atomic E-state index is -4.69. The quantitative estimate of drug-likeness (QED) is 0.422. The summed E-state index contributed by atoms with van der Waals surface area (Å²) in [5, 5.41) is 10.6. The topological polar surface area (TPSA) is 114 Å². The molecular weight excluding hydrogens is 462 g/mol. The fraction of sp³-hybridized carbons (Fsp3) is 0.350. The number of carbonyl (C=O) groups is 2. The zero-order chi connectivity index (χ0) is 24.3. The minimum absolute atomic E-state index is 0.0277. The second-order valence-electron chi connectivity index (χ2n) is 7.50. The first kappa shape index (κ1) is 23.2. The van der Waals surface area contributed by atoms with Crippen molar-refractivity contribution in [2.45, 2.75) is 19.0 Å². The summed E-state index contributed by atoms with van der Waals surface area (Å²) < 4.78 is 58.4. The molecule has 0 radical (unpaired) electrons. The van der Waals surface area contributed by atoms with Crippen LogP contribution in [0.2, 0.25) is 0 Å². The Morgan fingerprint density at radius 3 is 2.50 bits per heavy atom. The molecule has 1 fully saturated rings. The highest BCUT2D eigenvalue weighted by molar-refractivity contribution is 5.84. The number of carbonyl (C=O) groups excluding carboxylic acids is 2. The van der Waals surface area contributed by atoms with Crippen LogP contribution >= 0.6 is 0 Å². The number of piperidine rings is 1. The second-order valence-corrected chi connectivity index (χ2v) is 7.50. The van der Waals surface area contributed by atoms with Crippen molar-refractivity contribution in [1.82, 2.24) is 30.7 Å². The highest BCUT2D eigenvalue weighted by atomic mass is 19.4. The van der Waals surface area contributed by atoms with Gasteiger partial charge in [0.05, 0.1) is 0 Å². The number of hydrogen-bond acceptors (Lipinski definition) is 7. The Bertz CT molecular complexity index is 1190. The van der Waals surface area contributed by atoms with Crippen LogP contribution in [0.4, 0.5) is 23.4 Å². The van der Waals surface area contributed by atoms with Gasteiger partial charge in [0.25, 0.3) is 11.7 Å². The summed E-state index contributed by atoms with van der Waals surface area (Å²) in [4.78, 5) is 26.0. The Hall–Kier alpha value is -3.97. The number of hydrogen-bond donors (Lipinski definition) is 2. The second kappa shape index (κ2) is 9.49. The van der Waals surface area contributed by atoms with E-state index < -0.39 is 42.2 Å². The first-order chi connectivity index (χ1) is 16.2. The number of ether oxygens (including phenoxy) is 1. The SMILES string of the molecule is O=C(COc1ccccc1F)NNC(=O)C1CCN(c2ccc3nnc(C(F)(F)F)n3n2)CC1. The Morgan fingerprint density at radius 1 is 1.06 bits per heavy atom. The number of fused-ring (bicyclic) bond motifs is 1. The van der Waals surface area contributed by atoms with Gasteiger partial charge in [0, 0.05) is 19.0 Å². The van der Waals surface area contributed by atoms with Gasteiger partial charge in [0.1, 0.15) is 5.82 Å². The van der Waals surface area contributed by atoms with E-state index in [4.69, 9.17) is 4.74 Å². The molecule has 0 spiro atoms. The monoisotopic (exact) mass is 481 g/mol. The van der Waals surface area contributed by atoms with E-state index in [1.165, 1.54) is 24.3 Å². The standard InChI is InChI=1S/C20H19F4N7O3/c21-13-3-1-2-4-14(13)34-11-17(32)26-27-18(33)12-7-9-30(10-8-12)16-6-5-15-25-28-19(20(22,23)24)31(15)29-16/h1-6,12H,7-11H2,(H,26,32)(H,27,33). The van der Waals surface area contributed by atoms with Crippen molar-refractivity contribution in [2.24, 2.45) is 5.92 Å². The number of aromatic nitrogens is 4. The molecule has 0 bridgehead atoms. The number of halogens is 4. The first-order valence-corrected chi connectivity index (χ1v) is 10.2. The number of anilines is 1. The van der Waals surface area contributed by atoms with E-state index >= 15 is 0 Å². The molecule has 2 amide bonds. The summed E-state index contributed by atoms with van der Waals surface area (Å²) in [6, 6.07) is 8.53. The van der Waals surface area contributed by atoms with Gasteiger partial charge in [-0.1, -0.05) is 12.1 Å². The molecule has 14 heteroatoms. The molecule has 4 rings (SSSR count). The van der Waals surface area contributed by atoms with Crippen LogP contribution in [0.25, 0.3) is 5.65 Å². The predicted octanol–water partition coefficient (Wildman–Crippen LogP) is 1.72. The number of hydrazine groups is 1. The van der Waals surface area contributed by atoms with Crippen LogP contribution in [0.15, 0.2) is 36.4 Å². The maximum Gasteiger partial charge on any atom is 0.453 e. The third-order valence-electron chi connectivity index (χ3n) is 5.21. The summed E-state index contributed by atoms with van der Waals surface area (Å²) in [7, 11) is 0. The Morgan fingerprint density at radius 2 is 1.79 bits per heavy atom. The highest BCUT2D eigenvalue weighted by Gasteiger charge is 2.38. The lowest BCUT2D eigenvalue weighted by Crippen LogP contribution is -2.48. The number of benzene rings is 1. The van der Waals surface area contributed by atoms with Gasteiger partial charge in [-0.2, -0.15) is 17.7 Å². The summed E-state index contributed by atoms with van der Waals surface area (Å²) in [6.07, 6.45) is -3.91. The molecule has 2 N–H and O–H groups in total. The van der Waals surface area contributed by atoms with E-state index in [0.717, 1.165) is 0 Å². The third-order valence-corrected chi connectivity index (χ3v) is 5.21. The van der Waals surface area contributed by atoms with Gasteiger partial charge in [0.15, 0.2) is 23.8 Å². The van der Waals surface area contributed by atoms with Crippen LogP contribution in [-0.4, -0.2) is 51.3 Å². The van der Waals surface area contributed by atoms with E-state index in [1.807, 2.05) is 0 Å². The molecule has 1 aliphatic heterocycles. The van der Waals surface area contributed by atoms with Crippen molar-refractivity contribution in [1.29, 1.82) is 0 Å². The van der Waals surface area contributed by atoms with E-state index in [2.05, 4.69) is 26.1 Å². The largest absolute Gasteiger partial charge is 0.481 e. The lowest BCUT2D eigenvalue weighted by molar-refractivity contribution is -0.146. The van der Waals surface area contributed by atoms with Gasteiger partial charge >= 0.3 is 6.18 Å². The Balaban J connectivity index is 1.27. The number of nitrogens with one attached hydrogen (secondary N) is 2. The Labute approximate surface area is 189 Å². The molecule has 0 unspecified atom stereocenters. The van der Waals surface area contributed by atoms with E-state index in [0.29, 0.717) is 36.3 Å². The predicted molar refractivity (Wildman–Crippen MR) is 109 cm³/mol. The van der Waals surface area contributed by atoms with E-state index in [-0.39, 0.29) is 11.4 Å². The lowest BCUT2D eigenvalue weighted by atomic mass is 9.96. The van der Waals surface area contributed by atoms with Gasteiger partial charge in [-0.15, -0.1) is 15.3 Å². The minimum Gasteiger partial charge on any atom is -0.481 e. The van der Waals surface area contributed by atoms with Crippen molar-refractivity contribution in [3.05, 3.63) is 48.0 Å². The molecule has 10 nitrogen and oxygen atoms in total. The zero-order valence-electron chi connectivity index (χ0n) is 17.5. The molecule has 0 saturated carbocycles. The average Bonchev–Trinajstić information content (AvgIpc) is 3.26. The van der Waals surface area contributed by atoms with Crippen molar-refractivity contribution >= 4 is 23.3 Å². The molecule has 0 aliphatic carbocycles. The van der Waals surface area contributed by atoms with Crippen LogP contribution in [0.1, 0.15) is 18.7 Å². The maximum absolute atomic E-state index is 13.5. The van der Waals surface area contributed by atoms with Crippen molar-refractivity contribution in [2.75, 3.05) is 24.6 Å². The molecule has 2 aromatic heterocycles. The molecule has 180 valence electrons. The van der Waals surface area contributed by atoms with Crippen LogP contribution < -0.4 is 20.5 Å². The highest BCUT2D eigenvalue weighted by Crippen LogP contribution is 2.28. The molecule has 1 aliphatic rings. The molecule has 34 heavy (non-hydrogen) atoms. The zero-order valence-corrected chi connectivity index (χ0v) is 17.5. The van der Waals surface area contributed by atoms with Crippen LogP contribution in [-0.2, 0) is 15.8 Å². The molecule has 1 aromatic carbocycles. The maximum atomic E-state index is 13.5. The molecular formula is C20H19F4N7O3. The normalized spacial score (nSPS) is 14.8. The van der Waals surface area contributed by atoms with Gasteiger partial charge in [-0.3, -0.25) is 20.4 Å². The number of nitrogens with zero attached hydrogens (tertiary/aromatic N) is 5. The fourth-order valence-corrected chi connectivity index (χ4v) is 3.47. The van der Waals surface area contributed by atoms with Crippen molar-refractivity contribution < 1.29 is 31.9 Å². The average molecular weight is 481 g/mol. The van der Waals surface area contributed by atoms with Crippen LogP contribution in [0, 0.1) is 11.7 Å². The van der Waals surface area contributed by atoms with Gasteiger partial charge in [-0.25, -0.2) is 4.39 Å².